The predicted octanol–water partition coefficient (Wildman–Crippen LogP) is 1.81. The molecule has 1 rings (SSSR count). The fourth-order valence-electron chi connectivity index (χ4n) is 1.14. The fraction of sp³-hybridized carbons (Fsp3) is 0.400. The largest absolute Gasteiger partial charge is 0.508 e. The van der Waals surface area contributed by atoms with Gasteiger partial charge >= 0.3 is 0 Å². The molecule has 0 bridgehead atoms. The third-order valence-corrected chi connectivity index (χ3v) is 1.91. The van der Waals surface area contributed by atoms with E-state index in [4.69, 9.17) is 5.73 Å². The lowest BCUT2D eigenvalue weighted by Crippen LogP contribution is -2.15. The summed E-state index contributed by atoms with van der Waals surface area (Å²) >= 11 is 0. The molecule has 0 spiro atoms. The SMILES string of the molecule is CC(N)CCc1cc(F)ccc1O. The second kappa shape index (κ2) is 4.23. The van der Waals surface area contributed by atoms with Gasteiger partial charge in [0.25, 0.3) is 0 Å². The van der Waals surface area contributed by atoms with Crippen LogP contribution in [0.25, 0.3) is 0 Å². The first-order chi connectivity index (χ1) is 6.09. The van der Waals surface area contributed by atoms with Crippen molar-refractivity contribution >= 4 is 0 Å². The third-order valence-electron chi connectivity index (χ3n) is 1.91. The van der Waals surface area contributed by atoms with Gasteiger partial charge < -0.3 is 10.8 Å². The van der Waals surface area contributed by atoms with Crippen LogP contribution in [0.5, 0.6) is 5.75 Å². The molecule has 72 valence electrons. The van der Waals surface area contributed by atoms with Crippen LogP contribution >= 0.6 is 0 Å². The maximum atomic E-state index is 12.7. The van der Waals surface area contributed by atoms with Crippen LogP contribution in [0.1, 0.15) is 18.9 Å². The van der Waals surface area contributed by atoms with E-state index in [0.29, 0.717) is 12.0 Å². The van der Waals surface area contributed by atoms with Crippen LogP contribution in [-0.4, -0.2) is 11.1 Å². The molecule has 13 heavy (non-hydrogen) atoms. The number of halogens is 1. The molecule has 1 aromatic carbocycles. The number of hydrogen-bond donors (Lipinski definition) is 2. The van der Waals surface area contributed by atoms with Crippen molar-refractivity contribution in [2.24, 2.45) is 5.73 Å². The van der Waals surface area contributed by atoms with E-state index in [0.717, 1.165) is 6.42 Å². The van der Waals surface area contributed by atoms with Crippen LogP contribution in [0.3, 0.4) is 0 Å². The van der Waals surface area contributed by atoms with Gasteiger partial charge in [-0.2, -0.15) is 0 Å². The highest BCUT2D eigenvalue weighted by atomic mass is 19.1. The molecule has 0 fully saturated rings. The number of phenols is 1. The topological polar surface area (TPSA) is 46.2 Å². The first kappa shape index (κ1) is 9.99. The van der Waals surface area contributed by atoms with Crippen LogP contribution in [0.15, 0.2) is 18.2 Å². The summed E-state index contributed by atoms with van der Waals surface area (Å²) in [6, 6.07) is 4.02. The smallest absolute Gasteiger partial charge is 0.123 e. The number of benzene rings is 1. The average molecular weight is 183 g/mol. The second-order valence-electron chi connectivity index (χ2n) is 3.29. The van der Waals surface area contributed by atoms with E-state index in [1.54, 1.807) is 0 Å². The van der Waals surface area contributed by atoms with Crippen molar-refractivity contribution in [1.82, 2.24) is 0 Å². The van der Waals surface area contributed by atoms with E-state index in [1.807, 2.05) is 6.92 Å². The molecule has 1 aromatic rings. The normalized spacial score (nSPS) is 12.8. The van der Waals surface area contributed by atoms with Gasteiger partial charge in [0.05, 0.1) is 0 Å². The predicted molar refractivity (Wildman–Crippen MR) is 50.0 cm³/mol. The van der Waals surface area contributed by atoms with Crippen molar-refractivity contribution in [3.63, 3.8) is 0 Å². The Balaban J connectivity index is 2.70. The van der Waals surface area contributed by atoms with Crippen LogP contribution in [-0.2, 0) is 6.42 Å². The van der Waals surface area contributed by atoms with E-state index in [2.05, 4.69) is 0 Å². The van der Waals surface area contributed by atoms with Crippen LogP contribution < -0.4 is 5.73 Å². The molecule has 0 aliphatic rings. The maximum Gasteiger partial charge on any atom is 0.123 e. The molecule has 2 nitrogen and oxygen atoms in total. The van der Waals surface area contributed by atoms with Gasteiger partial charge in [0.1, 0.15) is 11.6 Å². The van der Waals surface area contributed by atoms with Gasteiger partial charge in [0.15, 0.2) is 0 Å². The van der Waals surface area contributed by atoms with Gasteiger partial charge in [0, 0.05) is 6.04 Å². The van der Waals surface area contributed by atoms with Crippen molar-refractivity contribution in [3.05, 3.63) is 29.6 Å². The second-order valence-corrected chi connectivity index (χ2v) is 3.29. The van der Waals surface area contributed by atoms with Crippen molar-refractivity contribution in [3.8, 4) is 5.75 Å². The highest BCUT2D eigenvalue weighted by molar-refractivity contribution is 5.32. The van der Waals surface area contributed by atoms with Crippen molar-refractivity contribution in [2.75, 3.05) is 0 Å². The third kappa shape index (κ3) is 3.03. The zero-order valence-electron chi connectivity index (χ0n) is 7.63. The van der Waals surface area contributed by atoms with E-state index in [9.17, 15) is 9.50 Å². The van der Waals surface area contributed by atoms with Gasteiger partial charge in [0.2, 0.25) is 0 Å². The number of hydrogen-bond acceptors (Lipinski definition) is 2. The van der Waals surface area contributed by atoms with Gasteiger partial charge in [-0.3, -0.25) is 0 Å². The van der Waals surface area contributed by atoms with Crippen molar-refractivity contribution in [2.45, 2.75) is 25.8 Å². The summed E-state index contributed by atoms with van der Waals surface area (Å²) in [5.41, 5.74) is 6.18. The quantitative estimate of drug-likeness (QED) is 0.750. The minimum atomic E-state index is -0.322. The molecule has 0 aliphatic heterocycles. The summed E-state index contributed by atoms with van der Waals surface area (Å²) < 4.78 is 12.7. The fourth-order valence-corrected chi connectivity index (χ4v) is 1.14. The Hall–Kier alpha value is -1.09. The lowest BCUT2D eigenvalue weighted by Gasteiger charge is -2.06. The van der Waals surface area contributed by atoms with E-state index >= 15 is 0 Å². The lowest BCUT2D eigenvalue weighted by molar-refractivity contribution is 0.463. The highest BCUT2D eigenvalue weighted by Gasteiger charge is 2.03. The minimum absolute atomic E-state index is 0.0719. The van der Waals surface area contributed by atoms with Gasteiger partial charge in [-0.25, -0.2) is 4.39 Å². The Kier molecular flexibility index (Phi) is 3.25. The molecule has 0 saturated carbocycles. The summed E-state index contributed by atoms with van der Waals surface area (Å²) in [5, 5.41) is 9.34. The summed E-state index contributed by atoms with van der Waals surface area (Å²) in [7, 11) is 0. The summed E-state index contributed by atoms with van der Waals surface area (Å²) in [6.45, 7) is 1.89. The first-order valence-corrected chi connectivity index (χ1v) is 4.32. The number of nitrogens with two attached hydrogens (primary N) is 1. The van der Waals surface area contributed by atoms with E-state index < -0.39 is 0 Å². The monoisotopic (exact) mass is 183 g/mol. The highest BCUT2D eigenvalue weighted by Crippen LogP contribution is 2.19. The zero-order valence-corrected chi connectivity index (χ0v) is 7.63. The van der Waals surface area contributed by atoms with E-state index in [1.165, 1.54) is 18.2 Å². The summed E-state index contributed by atoms with van der Waals surface area (Å²) in [5.74, 6) is -0.181. The van der Waals surface area contributed by atoms with E-state index in [-0.39, 0.29) is 17.6 Å². The summed E-state index contributed by atoms with van der Waals surface area (Å²) in [4.78, 5) is 0. The van der Waals surface area contributed by atoms with Gasteiger partial charge in [-0.15, -0.1) is 0 Å². The molecule has 1 unspecified atom stereocenters. The lowest BCUT2D eigenvalue weighted by atomic mass is 10.1. The molecule has 0 radical (unpaired) electrons. The zero-order chi connectivity index (χ0) is 9.84. The number of aryl methyl sites for hydroxylation is 1. The van der Waals surface area contributed by atoms with Crippen molar-refractivity contribution in [1.29, 1.82) is 0 Å². The van der Waals surface area contributed by atoms with Crippen LogP contribution in [0.2, 0.25) is 0 Å². The Bertz CT molecular complexity index is 286. The Morgan fingerprint density at radius 1 is 1.54 bits per heavy atom. The standard InChI is InChI=1S/C10H14FNO/c1-7(12)2-3-8-6-9(11)4-5-10(8)13/h4-7,13H,2-3,12H2,1H3. The minimum Gasteiger partial charge on any atom is -0.508 e. The molecule has 3 heteroatoms. The Labute approximate surface area is 77.2 Å². The Morgan fingerprint density at radius 2 is 2.23 bits per heavy atom. The molecule has 1 atom stereocenters. The molecule has 3 N–H and O–H groups in total. The number of rotatable bonds is 3. The average Bonchev–Trinajstić information content (AvgIpc) is 2.06. The maximum absolute atomic E-state index is 12.7. The van der Waals surface area contributed by atoms with Crippen LogP contribution in [0.4, 0.5) is 4.39 Å². The molecule has 0 amide bonds. The van der Waals surface area contributed by atoms with Crippen molar-refractivity contribution < 1.29 is 9.50 Å². The molecular formula is C10H14FNO. The van der Waals surface area contributed by atoms with Gasteiger partial charge in [-0.1, -0.05) is 0 Å². The summed E-state index contributed by atoms with van der Waals surface area (Å²) in [6.07, 6.45) is 1.36. The van der Waals surface area contributed by atoms with Crippen LogP contribution in [0, 0.1) is 5.82 Å². The van der Waals surface area contributed by atoms with Gasteiger partial charge in [-0.05, 0) is 43.5 Å². The molecule has 0 aliphatic carbocycles. The Morgan fingerprint density at radius 3 is 2.85 bits per heavy atom. The number of phenolic OH excluding ortho intramolecular Hbond substituents is 1. The molecule has 0 aromatic heterocycles. The number of aromatic hydroxyl groups is 1. The molecule has 0 heterocycles. The molecular weight excluding hydrogens is 169 g/mol. The molecule has 0 saturated heterocycles. The first-order valence-electron chi connectivity index (χ1n) is 4.32.